The van der Waals surface area contributed by atoms with Crippen LogP contribution >= 0.6 is 11.3 Å². The van der Waals surface area contributed by atoms with E-state index in [0.29, 0.717) is 5.56 Å². The second-order valence-electron chi connectivity index (χ2n) is 4.45. The summed E-state index contributed by atoms with van der Waals surface area (Å²) in [5, 5.41) is 6.80. The third kappa shape index (κ3) is 4.39. The van der Waals surface area contributed by atoms with Gasteiger partial charge in [0.05, 0.1) is 18.4 Å². The molecule has 0 radical (unpaired) electrons. The van der Waals surface area contributed by atoms with E-state index in [0.717, 1.165) is 11.3 Å². The molecule has 0 aliphatic carbocycles. The van der Waals surface area contributed by atoms with Gasteiger partial charge in [0.25, 0.3) is 5.91 Å². The lowest BCUT2D eigenvalue weighted by Crippen LogP contribution is -2.41. The molecule has 23 heavy (non-hydrogen) atoms. The number of rotatable bonds is 6. The Hall–Kier alpha value is -2.68. The van der Waals surface area contributed by atoms with Crippen molar-refractivity contribution in [3.8, 4) is 0 Å². The van der Waals surface area contributed by atoms with Crippen LogP contribution in [0.1, 0.15) is 34.7 Å². The molecule has 8 nitrogen and oxygen atoms in total. The van der Waals surface area contributed by atoms with E-state index in [2.05, 4.69) is 15.6 Å². The number of furan rings is 1. The molecule has 9 heteroatoms. The smallest absolute Gasteiger partial charge is 0.357 e. The molecule has 0 aliphatic rings. The largest absolute Gasteiger partial charge is 0.472 e. The van der Waals surface area contributed by atoms with Crippen LogP contribution in [-0.2, 0) is 9.53 Å². The van der Waals surface area contributed by atoms with Gasteiger partial charge in [-0.1, -0.05) is 0 Å². The Labute approximate surface area is 135 Å². The van der Waals surface area contributed by atoms with Crippen molar-refractivity contribution in [1.29, 1.82) is 0 Å². The number of esters is 1. The van der Waals surface area contributed by atoms with E-state index in [4.69, 9.17) is 9.15 Å². The van der Waals surface area contributed by atoms with Crippen molar-refractivity contribution in [2.45, 2.75) is 19.9 Å². The number of hydrogen-bond donors (Lipinski definition) is 2. The Morgan fingerprint density at radius 1 is 1.43 bits per heavy atom. The second-order valence-corrected chi connectivity index (χ2v) is 5.31. The standard InChI is InChI=1S/C14H15N3O5S/c1-3-22-13(20)10-7-23-14(16-10)17-11(18)8(2)15-12(19)9-4-5-21-6-9/h4-8H,3H2,1-2H3,(H,15,19)(H,16,17,18)/t8-/m0/s1. The van der Waals surface area contributed by atoms with E-state index in [1.807, 2.05) is 0 Å². The number of anilines is 1. The molecule has 0 fully saturated rings. The van der Waals surface area contributed by atoms with Crippen LogP contribution < -0.4 is 10.6 Å². The van der Waals surface area contributed by atoms with Crippen molar-refractivity contribution < 1.29 is 23.5 Å². The van der Waals surface area contributed by atoms with Crippen molar-refractivity contribution >= 4 is 34.3 Å². The van der Waals surface area contributed by atoms with Crippen LogP contribution in [0.4, 0.5) is 5.13 Å². The molecule has 2 aromatic heterocycles. The van der Waals surface area contributed by atoms with Crippen LogP contribution in [0.15, 0.2) is 28.4 Å². The first-order chi connectivity index (χ1) is 11.0. The predicted octanol–water partition coefficient (Wildman–Crippen LogP) is 1.67. The summed E-state index contributed by atoms with van der Waals surface area (Å²) in [6, 6.07) is 0.708. The van der Waals surface area contributed by atoms with Crippen molar-refractivity contribution in [3.63, 3.8) is 0 Å². The third-order valence-corrected chi connectivity index (χ3v) is 3.50. The molecule has 2 amide bonds. The van der Waals surface area contributed by atoms with Crippen molar-refractivity contribution in [3.05, 3.63) is 35.2 Å². The average Bonchev–Trinajstić information content (AvgIpc) is 3.18. The zero-order valence-corrected chi connectivity index (χ0v) is 13.3. The Kier molecular flexibility index (Phi) is 5.47. The topological polar surface area (TPSA) is 111 Å². The van der Waals surface area contributed by atoms with Gasteiger partial charge in [-0.05, 0) is 19.9 Å². The summed E-state index contributed by atoms with van der Waals surface area (Å²) in [5.74, 6) is -1.43. The SMILES string of the molecule is CCOC(=O)c1csc(NC(=O)[C@H](C)NC(=O)c2ccoc2)n1. The molecule has 2 aromatic rings. The number of hydrogen-bond acceptors (Lipinski definition) is 7. The van der Waals surface area contributed by atoms with Crippen molar-refractivity contribution in [2.75, 3.05) is 11.9 Å². The minimum Gasteiger partial charge on any atom is -0.472 e. The zero-order valence-electron chi connectivity index (χ0n) is 12.5. The quantitative estimate of drug-likeness (QED) is 0.776. The van der Waals surface area contributed by atoms with Crippen molar-refractivity contribution in [1.82, 2.24) is 10.3 Å². The number of carbonyl (C=O) groups excluding carboxylic acids is 3. The van der Waals surface area contributed by atoms with E-state index in [-0.39, 0.29) is 17.4 Å². The number of thiazole rings is 1. The first kappa shape index (κ1) is 16.7. The van der Waals surface area contributed by atoms with Gasteiger partial charge in [0, 0.05) is 5.38 Å². The van der Waals surface area contributed by atoms with Gasteiger partial charge in [-0.2, -0.15) is 0 Å². The van der Waals surface area contributed by atoms with Crippen LogP contribution in [-0.4, -0.2) is 35.4 Å². The lowest BCUT2D eigenvalue weighted by Gasteiger charge is -2.12. The molecular weight excluding hydrogens is 322 g/mol. The first-order valence-electron chi connectivity index (χ1n) is 6.77. The van der Waals surface area contributed by atoms with Gasteiger partial charge in [-0.3, -0.25) is 9.59 Å². The molecule has 0 saturated heterocycles. The predicted molar refractivity (Wildman–Crippen MR) is 82.3 cm³/mol. The lowest BCUT2D eigenvalue weighted by molar-refractivity contribution is -0.117. The van der Waals surface area contributed by atoms with E-state index in [1.54, 1.807) is 6.92 Å². The molecule has 0 aromatic carbocycles. The van der Waals surface area contributed by atoms with Crippen molar-refractivity contribution in [2.24, 2.45) is 0 Å². The molecule has 2 N–H and O–H groups in total. The van der Waals surface area contributed by atoms with Gasteiger partial charge in [0.15, 0.2) is 10.8 Å². The van der Waals surface area contributed by atoms with Crippen LogP contribution in [0.25, 0.3) is 0 Å². The number of ether oxygens (including phenoxy) is 1. The lowest BCUT2D eigenvalue weighted by atomic mass is 10.2. The van der Waals surface area contributed by atoms with Gasteiger partial charge < -0.3 is 19.8 Å². The van der Waals surface area contributed by atoms with E-state index in [9.17, 15) is 14.4 Å². The highest BCUT2D eigenvalue weighted by Crippen LogP contribution is 2.16. The fraction of sp³-hybridized carbons (Fsp3) is 0.286. The average molecular weight is 337 g/mol. The summed E-state index contributed by atoms with van der Waals surface area (Å²) in [6.45, 7) is 3.47. The molecule has 0 bridgehead atoms. The summed E-state index contributed by atoms with van der Waals surface area (Å²) in [6.07, 6.45) is 2.65. The summed E-state index contributed by atoms with van der Waals surface area (Å²) in [7, 11) is 0. The molecule has 0 aliphatic heterocycles. The molecule has 0 unspecified atom stereocenters. The van der Waals surface area contributed by atoms with Gasteiger partial charge in [0.2, 0.25) is 5.91 Å². The highest BCUT2D eigenvalue weighted by atomic mass is 32.1. The maximum absolute atomic E-state index is 12.0. The molecule has 122 valence electrons. The van der Waals surface area contributed by atoms with E-state index >= 15 is 0 Å². The summed E-state index contributed by atoms with van der Waals surface area (Å²) in [4.78, 5) is 39.3. The van der Waals surface area contributed by atoms with Gasteiger partial charge in [-0.25, -0.2) is 9.78 Å². The fourth-order valence-electron chi connectivity index (χ4n) is 1.58. The Morgan fingerprint density at radius 3 is 2.87 bits per heavy atom. The normalized spacial score (nSPS) is 11.6. The molecule has 2 rings (SSSR count). The number of carbonyl (C=O) groups is 3. The number of amides is 2. The minimum absolute atomic E-state index is 0.127. The highest BCUT2D eigenvalue weighted by Gasteiger charge is 2.19. The maximum atomic E-state index is 12.0. The third-order valence-electron chi connectivity index (χ3n) is 2.74. The number of nitrogens with zero attached hydrogens (tertiary/aromatic N) is 1. The van der Waals surface area contributed by atoms with E-state index in [1.165, 1.54) is 30.9 Å². The fourth-order valence-corrected chi connectivity index (χ4v) is 2.27. The molecular formula is C14H15N3O5S. The molecule has 1 atom stereocenters. The van der Waals surface area contributed by atoms with Gasteiger partial charge in [-0.15, -0.1) is 11.3 Å². The summed E-state index contributed by atoms with van der Waals surface area (Å²) >= 11 is 1.09. The molecule has 2 heterocycles. The number of aromatic nitrogens is 1. The molecule has 0 spiro atoms. The second kappa shape index (κ2) is 7.54. The van der Waals surface area contributed by atoms with Crippen LogP contribution in [0.5, 0.6) is 0 Å². The highest BCUT2D eigenvalue weighted by molar-refractivity contribution is 7.14. The Bertz CT molecular complexity index is 695. The van der Waals surface area contributed by atoms with Gasteiger partial charge in [0.1, 0.15) is 12.3 Å². The van der Waals surface area contributed by atoms with Crippen LogP contribution in [0, 0.1) is 0 Å². The van der Waals surface area contributed by atoms with Crippen LogP contribution in [0.2, 0.25) is 0 Å². The van der Waals surface area contributed by atoms with Crippen LogP contribution in [0.3, 0.4) is 0 Å². The summed E-state index contributed by atoms with van der Waals surface area (Å²) in [5.41, 5.74) is 0.450. The Balaban J connectivity index is 1.91. The Morgan fingerprint density at radius 2 is 2.22 bits per heavy atom. The number of nitrogens with one attached hydrogen (secondary N) is 2. The first-order valence-corrected chi connectivity index (χ1v) is 7.65. The monoisotopic (exact) mass is 337 g/mol. The van der Waals surface area contributed by atoms with Gasteiger partial charge >= 0.3 is 5.97 Å². The minimum atomic E-state index is -0.785. The van der Waals surface area contributed by atoms with E-state index < -0.39 is 23.8 Å². The maximum Gasteiger partial charge on any atom is 0.357 e. The zero-order chi connectivity index (χ0) is 16.8. The summed E-state index contributed by atoms with van der Waals surface area (Å²) < 4.78 is 9.62. The molecule has 0 saturated carbocycles.